The minimum Gasteiger partial charge on any atom is -0.491 e. The Morgan fingerprint density at radius 3 is 2.30 bits per heavy atom. The molecule has 0 atom stereocenters. The molecule has 0 aromatic carbocycles. The first kappa shape index (κ1) is 7.39. The summed E-state index contributed by atoms with van der Waals surface area (Å²) in [5.74, 6) is 0. The highest BCUT2D eigenvalue weighted by Crippen LogP contribution is 2.27. The quantitative estimate of drug-likeness (QED) is 0.500. The molecule has 1 rings (SSSR count). The van der Waals surface area contributed by atoms with E-state index < -0.39 is 0 Å². The first-order valence-electron chi connectivity index (χ1n) is 3.56. The van der Waals surface area contributed by atoms with Crippen molar-refractivity contribution in [1.29, 1.82) is 0 Å². The van der Waals surface area contributed by atoms with Gasteiger partial charge in [0.2, 0.25) is 0 Å². The van der Waals surface area contributed by atoms with Gasteiger partial charge in [-0.2, -0.15) is 0 Å². The maximum Gasteiger partial charge on any atom is 0.124 e. The highest BCUT2D eigenvalue weighted by atomic mass is 16.5. The number of rotatable bonds is 0. The van der Waals surface area contributed by atoms with Crippen LogP contribution >= 0.6 is 0 Å². The van der Waals surface area contributed by atoms with E-state index in [9.17, 15) is 0 Å². The highest BCUT2D eigenvalue weighted by molar-refractivity contribution is 5.30. The van der Waals surface area contributed by atoms with Crippen LogP contribution in [-0.2, 0) is 4.74 Å². The maximum absolute atomic E-state index is 5.41. The molecule has 1 heterocycles. The molecule has 0 bridgehead atoms. The smallest absolute Gasteiger partial charge is 0.124 e. The van der Waals surface area contributed by atoms with Crippen LogP contribution in [0.15, 0.2) is 23.5 Å². The number of allylic oxidation sites excluding steroid dienone is 2. The van der Waals surface area contributed by atoms with Gasteiger partial charge in [-0.05, 0) is 44.9 Å². The van der Waals surface area contributed by atoms with Crippen molar-refractivity contribution in [1.82, 2.24) is 0 Å². The Morgan fingerprint density at radius 1 is 1.30 bits per heavy atom. The lowest BCUT2D eigenvalue weighted by atomic mass is 9.93. The van der Waals surface area contributed by atoms with E-state index in [2.05, 4.69) is 27.7 Å². The van der Waals surface area contributed by atoms with Crippen molar-refractivity contribution in [2.45, 2.75) is 33.3 Å². The molecule has 0 radical (unpaired) electrons. The zero-order chi connectivity index (χ0) is 7.78. The van der Waals surface area contributed by atoms with Crippen LogP contribution in [-0.4, -0.2) is 5.60 Å². The van der Waals surface area contributed by atoms with E-state index in [0.717, 1.165) is 0 Å². The van der Waals surface area contributed by atoms with E-state index in [1.165, 1.54) is 11.1 Å². The van der Waals surface area contributed by atoms with Crippen LogP contribution in [0.2, 0.25) is 0 Å². The molecule has 0 spiro atoms. The van der Waals surface area contributed by atoms with Crippen LogP contribution < -0.4 is 0 Å². The van der Waals surface area contributed by atoms with E-state index in [-0.39, 0.29) is 5.60 Å². The lowest BCUT2D eigenvalue weighted by Crippen LogP contribution is -2.26. The largest absolute Gasteiger partial charge is 0.491 e. The molecule has 0 aromatic heterocycles. The summed E-state index contributed by atoms with van der Waals surface area (Å²) in [5.41, 5.74) is 2.53. The Kier molecular flexibility index (Phi) is 1.59. The molecule has 1 aliphatic rings. The van der Waals surface area contributed by atoms with Crippen LogP contribution in [0.3, 0.4) is 0 Å². The molecule has 0 aromatic rings. The lowest BCUT2D eigenvalue weighted by molar-refractivity contribution is 0.0880. The number of ether oxygens (including phenoxy) is 1. The first-order chi connectivity index (χ1) is 4.54. The normalized spacial score (nSPS) is 22.8. The van der Waals surface area contributed by atoms with Crippen LogP contribution in [0.25, 0.3) is 0 Å². The van der Waals surface area contributed by atoms with Crippen molar-refractivity contribution >= 4 is 0 Å². The van der Waals surface area contributed by atoms with E-state index >= 15 is 0 Å². The van der Waals surface area contributed by atoms with Crippen molar-refractivity contribution in [3.63, 3.8) is 0 Å². The van der Waals surface area contributed by atoms with E-state index in [1.54, 1.807) is 6.26 Å². The molecular weight excluding hydrogens is 124 g/mol. The SMILES string of the molecule is CC1=C(C)C(C)(C)OC=C1. The van der Waals surface area contributed by atoms with Gasteiger partial charge in [-0.15, -0.1) is 0 Å². The van der Waals surface area contributed by atoms with Gasteiger partial charge >= 0.3 is 0 Å². The third-order valence-corrected chi connectivity index (χ3v) is 2.18. The molecule has 0 saturated carbocycles. The number of hydrogen-bond acceptors (Lipinski definition) is 1. The Morgan fingerprint density at radius 2 is 1.90 bits per heavy atom. The second-order valence-corrected chi connectivity index (χ2v) is 3.24. The van der Waals surface area contributed by atoms with Gasteiger partial charge in [-0.25, -0.2) is 0 Å². The van der Waals surface area contributed by atoms with Crippen molar-refractivity contribution in [2.75, 3.05) is 0 Å². The van der Waals surface area contributed by atoms with Gasteiger partial charge in [-0.3, -0.25) is 0 Å². The van der Waals surface area contributed by atoms with Crippen LogP contribution in [0.1, 0.15) is 27.7 Å². The van der Waals surface area contributed by atoms with Gasteiger partial charge in [0, 0.05) is 0 Å². The molecule has 0 N–H and O–H groups in total. The molecule has 1 nitrogen and oxygen atoms in total. The third-order valence-electron chi connectivity index (χ3n) is 2.18. The molecule has 0 aliphatic carbocycles. The predicted molar refractivity (Wildman–Crippen MR) is 42.7 cm³/mol. The maximum atomic E-state index is 5.41. The van der Waals surface area contributed by atoms with Crippen LogP contribution in [0, 0.1) is 0 Å². The second kappa shape index (κ2) is 2.15. The van der Waals surface area contributed by atoms with Crippen LogP contribution in [0.5, 0.6) is 0 Å². The van der Waals surface area contributed by atoms with Gasteiger partial charge < -0.3 is 4.74 Å². The Hall–Kier alpha value is -0.720. The van der Waals surface area contributed by atoms with Crippen molar-refractivity contribution in [3.8, 4) is 0 Å². The minimum atomic E-state index is -0.0984. The summed E-state index contributed by atoms with van der Waals surface area (Å²) in [7, 11) is 0. The fraction of sp³-hybridized carbons (Fsp3) is 0.556. The summed E-state index contributed by atoms with van der Waals surface area (Å²) in [4.78, 5) is 0. The molecule has 1 aliphatic heterocycles. The molecule has 0 fully saturated rings. The Labute approximate surface area is 62.4 Å². The Bertz CT molecular complexity index is 197. The summed E-state index contributed by atoms with van der Waals surface area (Å²) in [6, 6.07) is 0. The van der Waals surface area contributed by atoms with E-state index in [4.69, 9.17) is 4.74 Å². The topological polar surface area (TPSA) is 9.23 Å². The van der Waals surface area contributed by atoms with Gasteiger partial charge in [0.15, 0.2) is 0 Å². The van der Waals surface area contributed by atoms with Gasteiger partial charge in [0.1, 0.15) is 5.60 Å². The summed E-state index contributed by atoms with van der Waals surface area (Å²) in [5, 5.41) is 0. The Balaban J connectivity index is 2.99. The van der Waals surface area contributed by atoms with Crippen molar-refractivity contribution in [3.05, 3.63) is 23.5 Å². The standard InChI is InChI=1S/C9H14O/c1-7-5-6-10-9(3,4)8(7)2/h5-6H,1-4H3. The molecule has 1 heteroatoms. The van der Waals surface area contributed by atoms with E-state index in [1.807, 2.05) is 6.08 Å². The summed E-state index contributed by atoms with van der Waals surface area (Å²) < 4.78 is 5.41. The lowest BCUT2D eigenvalue weighted by Gasteiger charge is -2.29. The molecule has 0 amide bonds. The fourth-order valence-electron chi connectivity index (χ4n) is 0.994. The monoisotopic (exact) mass is 138 g/mol. The summed E-state index contributed by atoms with van der Waals surface area (Å²) in [6.45, 7) is 8.37. The molecular formula is C9H14O. The van der Waals surface area contributed by atoms with Crippen molar-refractivity contribution in [2.24, 2.45) is 0 Å². The minimum absolute atomic E-state index is 0.0984. The summed E-state index contributed by atoms with van der Waals surface area (Å²) >= 11 is 0. The molecule has 0 unspecified atom stereocenters. The second-order valence-electron chi connectivity index (χ2n) is 3.24. The fourth-order valence-corrected chi connectivity index (χ4v) is 0.994. The number of hydrogen-bond donors (Lipinski definition) is 0. The highest BCUT2D eigenvalue weighted by Gasteiger charge is 2.23. The predicted octanol–water partition coefficient (Wildman–Crippen LogP) is 2.65. The zero-order valence-electron chi connectivity index (χ0n) is 7.06. The molecule has 56 valence electrons. The zero-order valence-corrected chi connectivity index (χ0v) is 7.06. The first-order valence-corrected chi connectivity index (χ1v) is 3.56. The third kappa shape index (κ3) is 1.08. The summed E-state index contributed by atoms with van der Waals surface area (Å²) in [6.07, 6.45) is 3.77. The molecule has 10 heavy (non-hydrogen) atoms. The van der Waals surface area contributed by atoms with Crippen molar-refractivity contribution < 1.29 is 4.74 Å². The average molecular weight is 138 g/mol. The van der Waals surface area contributed by atoms with Crippen LogP contribution in [0.4, 0.5) is 0 Å². The van der Waals surface area contributed by atoms with E-state index in [0.29, 0.717) is 0 Å². The van der Waals surface area contributed by atoms with Gasteiger partial charge in [0.25, 0.3) is 0 Å². The molecule has 0 saturated heterocycles. The average Bonchev–Trinajstić information content (AvgIpc) is 1.83. The van der Waals surface area contributed by atoms with Gasteiger partial charge in [-0.1, -0.05) is 0 Å². The van der Waals surface area contributed by atoms with Gasteiger partial charge in [0.05, 0.1) is 6.26 Å².